The molecule has 0 spiro atoms. The SMILES string of the molecule is C=CCNc1cc(Nc2ncc(C(N)=O)c(NC(C)C(C)C)n2)ccc1OS(C)(=O)=O. The van der Waals surface area contributed by atoms with Crippen LogP contribution in [0.25, 0.3) is 0 Å². The van der Waals surface area contributed by atoms with Crippen LogP contribution in [0.5, 0.6) is 5.75 Å². The Hall–Kier alpha value is -3.34. The molecule has 0 saturated heterocycles. The van der Waals surface area contributed by atoms with Crippen LogP contribution in [0.2, 0.25) is 0 Å². The second kappa shape index (κ2) is 10.1. The highest BCUT2D eigenvalue weighted by molar-refractivity contribution is 7.86. The predicted octanol–water partition coefficient (Wildman–Crippen LogP) is 2.71. The first-order valence-electron chi connectivity index (χ1n) is 9.59. The molecule has 0 saturated carbocycles. The third-order valence-electron chi connectivity index (χ3n) is 4.33. The van der Waals surface area contributed by atoms with Crippen molar-refractivity contribution in [2.75, 3.05) is 28.8 Å². The Labute approximate surface area is 182 Å². The smallest absolute Gasteiger partial charge is 0.306 e. The third kappa shape index (κ3) is 7.14. The molecule has 1 atom stereocenters. The van der Waals surface area contributed by atoms with Crippen LogP contribution in [0.4, 0.5) is 23.1 Å². The molecule has 0 radical (unpaired) electrons. The zero-order valence-electron chi connectivity index (χ0n) is 18.0. The first-order valence-corrected chi connectivity index (χ1v) is 11.4. The third-order valence-corrected chi connectivity index (χ3v) is 4.81. The topological polar surface area (TPSA) is 148 Å². The second-order valence-electron chi connectivity index (χ2n) is 7.29. The minimum absolute atomic E-state index is 0.0444. The number of hydrogen-bond acceptors (Lipinski definition) is 9. The summed E-state index contributed by atoms with van der Waals surface area (Å²) in [6, 6.07) is 4.82. The Bertz CT molecular complexity index is 1060. The molecule has 11 heteroatoms. The Morgan fingerprint density at radius 3 is 2.61 bits per heavy atom. The van der Waals surface area contributed by atoms with Crippen LogP contribution in [0, 0.1) is 5.92 Å². The molecule has 1 aromatic heterocycles. The van der Waals surface area contributed by atoms with Gasteiger partial charge in [-0.2, -0.15) is 13.4 Å². The molecule has 2 aromatic rings. The van der Waals surface area contributed by atoms with Crippen LogP contribution in [-0.2, 0) is 10.1 Å². The van der Waals surface area contributed by atoms with Gasteiger partial charge in [0.05, 0.1) is 17.5 Å². The summed E-state index contributed by atoms with van der Waals surface area (Å²) in [7, 11) is -3.70. The Balaban J connectivity index is 2.35. The quantitative estimate of drug-likeness (QED) is 0.301. The predicted molar refractivity (Wildman–Crippen MR) is 122 cm³/mol. The Morgan fingerprint density at radius 2 is 2.03 bits per heavy atom. The molecule has 0 aliphatic carbocycles. The van der Waals surface area contributed by atoms with Crippen molar-refractivity contribution in [1.82, 2.24) is 9.97 Å². The van der Waals surface area contributed by atoms with Crippen molar-refractivity contribution in [3.63, 3.8) is 0 Å². The van der Waals surface area contributed by atoms with Crippen molar-refractivity contribution in [2.24, 2.45) is 11.7 Å². The highest BCUT2D eigenvalue weighted by Crippen LogP contribution is 2.30. The number of hydrogen-bond donors (Lipinski definition) is 4. The van der Waals surface area contributed by atoms with E-state index in [-0.39, 0.29) is 23.3 Å². The average molecular weight is 449 g/mol. The van der Waals surface area contributed by atoms with Gasteiger partial charge in [0.2, 0.25) is 5.95 Å². The summed E-state index contributed by atoms with van der Waals surface area (Å²) in [5.41, 5.74) is 6.64. The molecule has 0 fully saturated rings. The summed E-state index contributed by atoms with van der Waals surface area (Å²) in [6.45, 7) is 10.1. The van der Waals surface area contributed by atoms with Gasteiger partial charge in [-0.1, -0.05) is 19.9 Å². The van der Waals surface area contributed by atoms with E-state index in [1.165, 1.54) is 12.3 Å². The van der Waals surface area contributed by atoms with Gasteiger partial charge < -0.3 is 25.9 Å². The molecule has 2 rings (SSSR count). The number of carbonyl (C=O) groups excluding carboxylic acids is 1. The van der Waals surface area contributed by atoms with Gasteiger partial charge in [0.1, 0.15) is 5.82 Å². The number of nitrogens with one attached hydrogen (secondary N) is 3. The van der Waals surface area contributed by atoms with E-state index in [9.17, 15) is 13.2 Å². The molecule has 1 heterocycles. The largest absolute Gasteiger partial charge is 0.380 e. The van der Waals surface area contributed by atoms with Crippen LogP contribution in [-0.4, -0.2) is 43.1 Å². The molecular weight excluding hydrogens is 420 g/mol. The number of anilines is 4. The van der Waals surface area contributed by atoms with E-state index < -0.39 is 16.0 Å². The van der Waals surface area contributed by atoms with E-state index in [1.807, 2.05) is 20.8 Å². The molecule has 0 aliphatic rings. The van der Waals surface area contributed by atoms with E-state index in [2.05, 4.69) is 32.5 Å². The van der Waals surface area contributed by atoms with Gasteiger partial charge in [-0.05, 0) is 31.0 Å². The maximum atomic E-state index is 11.7. The monoisotopic (exact) mass is 448 g/mol. The lowest BCUT2D eigenvalue weighted by Crippen LogP contribution is -2.25. The summed E-state index contributed by atoms with van der Waals surface area (Å²) in [6.07, 6.45) is 3.95. The lowest BCUT2D eigenvalue weighted by Gasteiger charge is -2.20. The number of nitrogens with two attached hydrogens (primary N) is 1. The van der Waals surface area contributed by atoms with E-state index in [0.717, 1.165) is 6.26 Å². The normalized spacial score (nSPS) is 12.2. The highest BCUT2D eigenvalue weighted by Gasteiger charge is 2.17. The lowest BCUT2D eigenvalue weighted by atomic mass is 10.1. The van der Waals surface area contributed by atoms with E-state index in [1.54, 1.807) is 18.2 Å². The van der Waals surface area contributed by atoms with Crippen LogP contribution < -0.4 is 25.9 Å². The number of rotatable bonds is 11. The summed E-state index contributed by atoms with van der Waals surface area (Å²) in [5.74, 6) is 0.368. The van der Waals surface area contributed by atoms with E-state index in [0.29, 0.717) is 29.7 Å². The van der Waals surface area contributed by atoms with E-state index >= 15 is 0 Å². The Kier molecular flexibility index (Phi) is 7.81. The number of amides is 1. The van der Waals surface area contributed by atoms with Crippen LogP contribution in [0.3, 0.4) is 0 Å². The van der Waals surface area contributed by atoms with Crippen LogP contribution >= 0.6 is 0 Å². The molecule has 0 aliphatic heterocycles. The minimum atomic E-state index is -3.70. The van der Waals surface area contributed by atoms with Crippen molar-refractivity contribution >= 4 is 39.2 Å². The molecule has 5 N–H and O–H groups in total. The van der Waals surface area contributed by atoms with Gasteiger partial charge in [0, 0.05) is 24.5 Å². The first kappa shape index (κ1) is 23.9. The summed E-state index contributed by atoms with van der Waals surface area (Å²) in [4.78, 5) is 20.3. The van der Waals surface area contributed by atoms with Crippen molar-refractivity contribution in [3.05, 3.63) is 42.6 Å². The fourth-order valence-corrected chi connectivity index (χ4v) is 2.88. The zero-order chi connectivity index (χ0) is 23.2. The molecule has 1 aromatic carbocycles. The molecule has 10 nitrogen and oxygen atoms in total. The molecule has 31 heavy (non-hydrogen) atoms. The summed E-state index contributed by atoms with van der Waals surface area (Å²) >= 11 is 0. The second-order valence-corrected chi connectivity index (χ2v) is 8.87. The van der Waals surface area contributed by atoms with Crippen molar-refractivity contribution in [2.45, 2.75) is 26.8 Å². The number of benzene rings is 1. The van der Waals surface area contributed by atoms with Crippen LogP contribution in [0.15, 0.2) is 37.1 Å². The maximum absolute atomic E-state index is 11.7. The Morgan fingerprint density at radius 1 is 1.32 bits per heavy atom. The number of nitrogens with zero attached hydrogens (tertiary/aromatic N) is 2. The molecular formula is C20H28N6O4S. The van der Waals surface area contributed by atoms with Gasteiger partial charge in [-0.15, -0.1) is 6.58 Å². The number of primary amides is 1. The summed E-state index contributed by atoms with van der Waals surface area (Å²) in [5, 5.41) is 9.25. The van der Waals surface area contributed by atoms with Crippen LogP contribution in [0.1, 0.15) is 31.1 Å². The highest BCUT2D eigenvalue weighted by atomic mass is 32.2. The van der Waals surface area contributed by atoms with Crippen molar-refractivity contribution in [1.29, 1.82) is 0 Å². The van der Waals surface area contributed by atoms with Gasteiger partial charge in [-0.25, -0.2) is 4.98 Å². The molecule has 1 unspecified atom stereocenters. The van der Waals surface area contributed by atoms with Gasteiger partial charge >= 0.3 is 10.1 Å². The van der Waals surface area contributed by atoms with Gasteiger partial charge in [0.15, 0.2) is 5.75 Å². The number of carbonyl (C=O) groups is 1. The zero-order valence-corrected chi connectivity index (χ0v) is 18.8. The maximum Gasteiger partial charge on any atom is 0.306 e. The number of aromatic nitrogens is 2. The lowest BCUT2D eigenvalue weighted by molar-refractivity contribution is 0.100. The minimum Gasteiger partial charge on any atom is -0.380 e. The summed E-state index contributed by atoms with van der Waals surface area (Å²) < 4.78 is 28.0. The molecule has 0 bridgehead atoms. The standard InChI is InChI=1S/C20H28N6O4S/c1-6-9-22-16-10-14(7-8-17(16)30-31(5,28)29)25-20-23-11-15(18(21)27)19(26-20)24-13(4)12(2)3/h6-8,10-13,22H,1,9H2,2-5H3,(H2,21,27)(H2,23,24,25,26). The first-order chi connectivity index (χ1) is 14.5. The average Bonchev–Trinajstić information content (AvgIpc) is 2.66. The fraction of sp³-hybridized carbons (Fsp3) is 0.350. The van der Waals surface area contributed by atoms with Gasteiger partial charge in [-0.3, -0.25) is 4.79 Å². The van der Waals surface area contributed by atoms with Gasteiger partial charge in [0.25, 0.3) is 5.91 Å². The molecule has 1 amide bonds. The van der Waals surface area contributed by atoms with E-state index in [4.69, 9.17) is 9.92 Å². The van der Waals surface area contributed by atoms with Crippen molar-refractivity contribution < 1.29 is 17.4 Å². The fourth-order valence-electron chi connectivity index (χ4n) is 2.41. The van der Waals surface area contributed by atoms with Crippen molar-refractivity contribution in [3.8, 4) is 5.75 Å². The molecule has 168 valence electrons.